The van der Waals surface area contributed by atoms with Gasteiger partial charge in [0.15, 0.2) is 0 Å². The lowest BCUT2D eigenvalue weighted by molar-refractivity contribution is -0.162. The van der Waals surface area contributed by atoms with Crippen molar-refractivity contribution in [3.63, 3.8) is 0 Å². The quantitative estimate of drug-likeness (QED) is 0.308. The van der Waals surface area contributed by atoms with E-state index in [4.69, 9.17) is 4.74 Å². The van der Waals surface area contributed by atoms with Crippen LogP contribution in [0.1, 0.15) is 98.8 Å². The average Bonchev–Trinajstić information content (AvgIpc) is 3.18. The standard InChI is InChI=1S/C30H54N2O3/c1-19(2)31-15-16-32-21-11-13-30(5)25-12-14-29(4)23(20(3)7-10-28(34)35-6)8-9-24(29)22(25)18-27(33)26(30)17-21/h19-27,31-33H,7-18H2,1-6H3/t20?,21-,22?,23-,24?,25?,26-,27-,29-,30-/m1/s1. The first-order valence-corrected chi connectivity index (χ1v) is 14.8. The van der Waals surface area contributed by atoms with Crippen LogP contribution in [0.2, 0.25) is 0 Å². The summed E-state index contributed by atoms with van der Waals surface area (Å²) in [5, 5.41) is 18.8. The Morgan fingerprint density at radius 3 is 2.40 bits per heavy atom. The number of carbonyl (C=O) groups excluding carboxylic acids is 1. The third-order valence-corrected chi connectivity index (χ3v) is 11.6. The van der Waals surface area contributed by atoms with Crippen molar-refractivity contribution in [3.05, 3.63) is 0 Å². The highest BCUT2D eigenvalue weighted by Gasteiger charge is 2.62. The fraction of sp³-hybridized carbons (Fsp3) is 0.967. The maximum absolute atomic E-state index is 11.8. The molecule has 0 radical (unpaired) electrons. The van der Waals surface area contributed by atoms with Gasteiger partial charge in [0.05, 0.1) is 13.2 Å². The summed E-state index contributed by atoms with van der Waals surface area (Å²) in [5.74, 6) is 3.79. The van der Waals surface area contributed by atoms with Gasteiger partial charge < -0.3 is 20.5 Å². The normalized spacial score (nSPS) is 43.8. The number of rotatable bonds is 9. The van der Waals surface area contributed by atoms with Crippen LogP contribution in [0.3, 0.4) is 0 Å². The summed E-state index contributed by atoms with van der Waals surface area (Å²) >= 11 is 0. The Kier molecular flexibility index (Phi) is 8.60. The SMILES string of the molecule is COC(=O)CCC(C)[C@H]1CCC2C3C[C@@H](O)[C@H]4C[C@H](NCCNC(C)C)CC[C@]4(C)C3CC[C@@]21C. The van der Waals surface area contributed by atoms with Crippen molar-refractivity contribution < 1.29 is 14.6 Å². The summed E-state index contributed by atoms with van der Waals surface area (Å²) in [6.07, 6.45) is 11.2. The number of nitrogens with one attached hydrogen (secondary N) is 2. The van der Waals surface area contributed by atoms with Gasteiger partial charge in [-0.25, -0.2) is 0 Å². The summed E-state index contributed by atoms with van der Waals surface area (Å²) in [7, 11) is 1.50. The molecule has 0 aromatic carbocycles. The van der Waals surface area contributed by atoms with E-state index in [1.54, 1.807) is 0 Å². The minimum atomic E-state index is -0.155. The second kappa shape index (κ2) is 11.0. The molecule has 0 aromatic rings. The van der Waals surface area contributed by atoms with Crippen LogP contribution in [-0.2, 0) is 9.53 Å². The summed E-state index contributed by atoms with van der Waals surface area (Å²) in [6.45, 7) is 13.9. The van der Waals surface area contributed by atoms with Crippen LogP contribution in [-0.4, -0.2) is 49.5 Å². The predicted octanol–water partition coefficient (Wildman–Crippen LogP) is 5.16. The maximum atomic E-state index is 11.8. The summed E-state index contributed by atoms with van der Waals surface area (Å²) in [4.78, 5) is 11.8. The van der Waals surface area contributed by atoms with Gasteiger partial charge in [-0.2, -0.15) is 0 Å². The molecule has 4 aliphatic carbocycles. The van der Waals surface area contributed by atoms with Crippen LogP contribution in [0.5, 0.6) is 0 Å². The smallest absolute Gasteiger partial charge is 0.305 e. The van der Waals surface area contributed by atoms with Crippen LogP contribution in [0.4, 0.5) is 0 Å². The number of hydrogen-bond acceptors (Lipinski definition) is 5. The summed E-state index contributed by atoms with van der Waals surface area (Å²) in [6, 6.07) is 1.08. The molecule has 0 amide bonds. The van der Waals surface area contributed by atoms with E-state index in [0.29, 0.717) is 47.6 Å². The van der Waals surface area contributed by atoms with Crippen LogP contribution < -0.4 is 10.6 Å². The number of ether oxygens (including phenoxy) is 1. The third kappa shape index (κ3) is 5.34. The minimum absolute atomic E-state index is 0.0732. The van der Waals surface area contributed by atoms with Gasteiger partial charge in [-0.1, -0.05) is 34.6 Å². The highest BCUT2D eigenvalue weighted by Crippen LogP contribution is 2.68. The molecule has 10 atom stereocenters. The zero-order chi connectivity index (χ0) is 25.4. The van der Waals surface area contributed by atoms with Crippen molar-refractivity contribution in [1.29, 1.82) is 0 Å². The van der Waals surface area contributed by atoms with Gasteiger partial charge in [0.2, 0.25) is 0 Å². The molecule has 0 bridgehead atoms. The fourth-order valence-corrected chi connectivity index (χ4v) is 9.75. The lowest BCUT2D eigenvalue weighted by Crippen LogP contribution is -2.59. The molecule has 4 aliphatic rings. The van der Waals surface area contributed by atoms with Gasteiger partial charge in [0, 0.05) is 31.6 Å². The fourth-order valence-electron chi connectivity index (χ4n) is 9.75. The zero-order valence-electron chi connectivity index (χ0n) is 23.4. The number of methoxy groups -OCH3 is 1. The summed E-state index contributed by atoms with van der Waals surface area (Å²) in [5.41, 5.74) is 0.647. The van der Waals surface area contributed by atoms with Crippen LogP contribution in [0.25, 0.3) is 0 Å². The van der Waals surface area contributed by atoms with Crippen molar-refractivity contribution in [2.45, 2.75) is 117 Å². The van der Waals surface area contributed by atoms with Crippen LogP contribution in [0, 0.1) is 46.3 Å². The summed E-state index contributed by atoms with van der Waals surface area (Å²) < 4.78 is 4.91. The predicted molar refractivity (Wildman–Crippen MR) is 142 cm³/mol. The van der Waals surface area contributed by atoms with Gasteiger partial charge in [0.1, 0.15) is 0 Å². The number of aliphatic hydroxyl groups excluding tert-OH is 1. The average molecular weight is 491 g/mol. The molecule has 4 unspecified atom stereocenters. The van der Waals surface area contributed by atoms with Crippen LogP contribution in [0.15, 0.2) is 0 Å². The first-order chi connectivity index (χ1) is 16.6. The lowest BCUT2D eigenvalue weighted by Gasteiger charge is -2.62. The topological polar surface area (TPSA) is 70.6 Å². The number of hydrogen-bond donors (Lipinski definition) is 3. The Balaban J connectivity index is 1.40. The lowest BCUT2D eigenvalue weighted by atomic mass is 9.43. The molecule has 35 heavy (non-hydrogen) atoms. The number of carbonyl (C=O) groups is 1. The molecule has 5 nitrogen and oxygen atoms in total. The van der Waals surface area contributed by atoms with Gasteiger partial charge in [-0.15, -0.1) is 0 Å². The number of fused-ring (bicyclic) bond motifs is 5. The van der Waals surface area contributed by atoms with E-state index in [0.717, 1.165) is 44.2 Å². The van der Waals surface area contributed by atoms with E-state index in [1.165, 1.54) is 45.6 Å². The highest BCUT2D eigenvalue weighted by atomic mass is 16.5. The minimum Gasteiger partial charge on any atom is -0.469 e. The van der Waals surface area contributed by atoms with Crippen molar-refractivity contribution in [2.24, 2.45) is 46.3 Å². The molecule has 202 valence electrons. The van der Waals surface area contributed by atoms with E-state index < -0.39 is 0 Å². The van der Waals surface area contributed by atoms with E-state index in [9.17, 15) is 9.90 Å². The van der Waals surface area contributed by atoms with Crippen LogP contribution >= 0.6 is 0 Å². The molecule has 0 spiro atoms. The third-order valence-electron chi connectivity index (χ3n) is 11.6. The molecule has 4 saturated carbocycles. The van der Waals surface area contributed by atoms with Crippen molar-refractivity contribution in [2.75, 3.05) is 20.2 Å². The first kappa shape index (κ1) is 27.4. The number of aliphatic hydroxyl groups is 1. The molecule has 5 heteroatoms. The van der Waals surface area contributed by atoms with Gasteiger partial charge in [-0.05, 0) is 104 Å². The Bertz CT molecular complexity index is 728. The van der Waals surface area contributed by atoms with Gasteiger partial charge in [0.25, 0.3) is 0 Å². The van der Waals surface area contributed by atoms with Gasteiger partial charge in [-0.3, -0.25) is 4.79 Å². The maximum Gasteiger partial charge on any atom is 0.305 e. The van der Waals surface area contributed by atoms with E-state index >= 15 is 0 Å². The molecule has 3 N–H and O–H groups in total. The molecule has 0 saturated heterocycles. The molecular formula is C30H54N2O3. The van der Waals surface area contributed by atoms with Crippen molar-refractivity contribution in [1.82, 2.24) is 10.6 Å². The van der Waals surface area contributed by atoms with E-state index in [2.05, 4.69) is 45.3 Å². The molecule has 4 rings (SSSR count). The van der Waals surface area contributed by atoms with E-state index in [-0.39, 0.29) is 17.5 Å². The Morgan fingerprint density at radius 1 is 0.971 bits per heavy atom. The second-order valence-corrected chi connectivity index (χ2v) is 13.6. The molecule has 0 aromatic heterocycles. The zero-order valence-corrected chi connectivity index (χ0v) is 23.4. The van der Waals surface area contributed by atoms with E-state index in [1.807, 2.05) is 0 Å². The highest BCUT2D eigenvalue weighted by molar-refractivity contribution is 5.69. The Morgan fingerprint density at radius 2 is 1.69 bits per heavy atom. The largest absolute Gasteiger partial charge is 0.469 e. The second-order valence-electron chi connectivity index (χ2n) is 13.6. The Hall–Kier alpha value is -0.650. The van der Waals surface area contributed by atoms with Crippen molar-refractivity contribution >= 4 is 5.97 Å². The monoisotopic (exact) mass is 490 g/mol. The first-order valence-electron chi connectivity index (χ1n) is 14.8. The molecule has 4 fully saturated rings. The number of esters is 1. The Labute approximate surface area is 214 Å². The molecule has 0 aliphatic heterocycles. The van der Waals surface area contributed by atoms with Crippen molar-refractivity contribution in [3.8, 4) is 0 Å². The van der Waals surface area contributed by atoms with Gasteiger partial charge >= 0.3 is 5.97 Å². The molecular weight excluding hydrogens is 436 g/mol. The molecule has 0 heterocycles.